The molecule has 0 aliphatic carbocycles. The third-order valence-electron chi connectivity index (χ3n) is 6.75. The van der Waals surface area contributed by atoms with Crippen molar-refractivity contribution in [1.29, 1.82) is 0 Å². The Morgan fingerprint density at radius 3 is 1.94 bits per heavy atom. The van der Waals surface area contributed by atoms with Crippen molar-refractivity contribution in [3.63, 3.8) is 0 Å². The van der Waals surface area contributed by atoms with Crippen molar-refractivity contribution in [2.45, 2.75) is 33.4 Å². The maximum absolute atomic E-state index is 2.44. The lowest BCUT2D eigenvalue weighted by Gasteiger charge is -2.08. The molecule has 152 valence electrons. The first-order valence-electron chi connectivity index (χ1n) is 11.3. The lowest BCUT2D eigenvalue weighted by Crippen LogP contribution is -1.95. The second kappa shape index (κ2) is 7.02. The molecule has 2 nitrogen and oxygen atoms in total. The van der Waals surface area contributed by atoms with Gasteiger partial charge in [-0.2, -0.15) is 0 Å². The van der Waals surface area contributed by atoms with E-state index >= 15 is 0 Å². The van der Waals surface area contributed by atoms with Gasteiger partial charge in [-0.1, -0.05) is 60.7 Å². The zero-order chi connectivity index (χ0) is 20.9. The van der Waals surface area contributed by atoms with Gasteiger partial charge in [0.25, 0.3) is 0 Å². The van der Waals surface area contributed by atoms with Crippen LogP contribution < -0.4 is 0 Å². The molecule has 6 rings (SSSR count). The van der Waals surface area contributed by atoms with Crippen molar-refractivity contribution in [2.75, 3.05) is 0 Å². The molecular weight excluding hydrogens is 376 g/mol. The molecule has 2 heteroatoms. The first kappa shape index (κ1) is 18.3. The van der Waals surface area contributed by atoms with Crippen molar-refractivity contribution < 1.29 is 0 Å². The molecule has 0 fully saturated rings. The molecular formula is C29H26N2. The number of hydrogen-bond acceptors (Lipinski definition) is 0. The normalized spacial score (nSPS) is 11.9. The molecule has 0 aliphatic rings. The lowest BCUT2D eigenvalue weighted by molar-refractivity contribution is 0.826. The highest BCUT2D eigenvalue weighted by Crippen LogP contribution is 2.34. The van der Waals surface area contributed by atoms with Crippen molar-refractivity contribution in [2.24, 2.45) is 0 Å². The van der Waals surface area contributed by atoms with Gasteiger partial charge in [0, 0.05) is 56.7 Å². The highest BCUT2D eigenvalue weighted by molar-refractivity contribution is 6.10. The number of benzene rings is 4. The van der Waals surface area contributed by atoms with Crippen LogP contribution in [-0.2, 0) is 19.5 Å². The molecule has 0 atom stereocenters. The quantitative estimate of drug-likeness (QED) is 0.288. The predicted molar refractivity (Wildman–Crippen MR) is 133 cm³/mol. The Morgan fingerprint density at radius 1 is 0.548 bits per heavy atom. The summed E-state index contributed by atoms with van der Waals surface area (Å²) in [5.74, 6) is 0. The predicted octanol–water partition coefficient (Wildman–Crippen LogP) is 7.53. The van der Waals surface area contributed by atoms with Gasteiger partial charge in [-0.25, -0.2) is 0 Å². The minimum atomic E-state index is 0.941. The van der Waals surface area contributed by atoms with Gasteiger partial charge in [0.2, 0.25) is 0 Å². The van der Waals surface area contributed by atoms with Crippen LogP contribution in [0, 0.1) is 0 Å². The van der Waals surface area contributed by atoms with E-state index in [1.165, 1.54) is 54.7 Å². The third kappa shape index (κ3) is 2.64. The van der Waals surface area contributed by atoms with Crippen LogP contribution in [0.15, 0.2) is 84.9 Å². The van der Waals surface area contributed by atoms with Crippen LogP contribution in [0.25, 0.3) is 43.6 Å². The number of fused-ring (bicyclic) bond motifs is 6. The minimum Gasteiger partial charge on any atom is -0.341 e. The van der Waals surface area contributed by atoms with Crippen LogP contribution in [0.3, 0.4) is 0 Å². The van der Waals surface area contributed by atoms with E-state index in [9.17, 15) is 0 Å². The van der Waals surface area contributed by atoms with Crippen LogP contribution in [0.1, 0.15) is 25.0 Å². The highest BCUT2D eigenvalue weighted by atomic mass is 15.0. The molecule has 0 amide bonds. The first-order valence-corrected chi connectivity index (χ1v) is 11.3. The summed E-state index contributed by atoms with van der Waals surface area (Å²) in [7, 11) is 0. The fraction of sp³-hybridized carbons (Fsp3) is 0.172. The molecule has 6 aromatic rings. The maximum atomic E-state index is 2.44. The summed E-state index contributed by atoms with van der Waals surface area (Å²) in [5, 5.41) is 5.45. The Hall–Kier alpha value is -3.52. The average molecular weight is 403 g/mol. The summed E-state index contributed by atoms with van der Waals surface area (Å²) in [6.45, 7) is 6.43. The topological polar surface area (TPSA) is 9.86 Å². The van der Waals surface area contributed by atoms with E-state index in [-0.39, 0.29) is 0 Å². The zero-order valence-corrected chi connectivity index (χ0v) is 18.1. The van der Waals surface area contributed by atoms with Crippen LogP contribution in [0.4, 0.5) is 0 Å². The van der Waals surface area contributed by atoms with E-state index in [4.69, 9.17) is 0 Å². The van der Waals surface area contributed by atoms with Gasteiger partial charge < -0.3 is 9.13 Å². The maximum Gasteiger partial charge on any atom is 0.0494 e. The molecule has 0 N–H and O–H groups in total. The molecule has 31 heavy (non-hydrogen) atoms. The number of para-hydroxylation sites is 2. The van der Waals surface area contributed by atoms with E-state index in [0.29, 0.717) is 0 Å². The largest absolute Gasteiger partial charge is 0.341 e. The molecule has 2 heterocycles. The number of nitrogens with zero attached hydrogens (tertiary/aromatic N) is 2. The Kier molecular flexibility index (Phi) is 4.14. The summed E-state index contributed by atoms with van der Waals surface area (Å²) in [4.78, 5) is 0. The first-order chi connectivity index (χ1) is 15.3. The van der Waals surface area contributed by atoms with Crippen LogP contribution in [-0.4, -0.2) is 9.13 Å². The van der Waals surface area contributed by atoms with E-state index in [1.54, 1.807) is 0 Å². The average Bonchev–Trinajstić information content (AvgIpc) is 3.31. The summed E-state index contributed by atoms with van der Waals surface area (Å²) in [6.07, 6.45) is 0.941. The van der Waals surface area contributed by atoms with Crippen molar-refractivity contribution in [3.8, 4) is 0 Å². The summed E-state index contributed by atoms with van der Waals surface area (Å²) >= 11 is 0. The van der Waals surface area contributed by atoms with Crippen LogP contribution >= 0.6 is 0 Å². The van der Waals surface area contributed by atoms with Gasteiger partial charge in [0.1, 0.15) is 0 Å². The Balaban J connectivity index is 1.55. The van der Waals surface area contributed by atoms with Gasteiger partial charge >= 0.3 is 0 Å². The van der Waals surface area contributed by atoms with E-state index in [2.05, 4.69) is 108 Å². The smallest absolute Gasteiger partial charge is 0.0494 e. The SMILES string of the molecule is CCn1c2ccccc2c2ccc(Cc3cccc4c3c3ccccc3n4CC)cc21. The fourth-order valence-electron chi connectivity index (χ4n) is 5.43. The molecule has 0 unspecified atom stereocenters. The summed E-state index contributed by atoms with van der Waals surface area (Å²) in [5.41, 5.74) is 8.10. The number of hydrogen-bond donors (Lipinski definition) is 0. The monoisotopic (exact) mass is 402 g/mol. The second-order valence-corrected chi connectivity index (χ2v) is 8.36. The molecule has 4 aromatic carbocycles. The van der Waals surface area contributed by atoms with Crippen molar-refractivity contribution >= 4 is 43.6 Å². The molecule has 2 aromatic heterocycles. The van der Waals surface area contributed by atoms with Crippen molar-refractivity contribution in [3.05, 3.63) is 96.1 Å². The summed E-state index contributed by atoms with van der Waals surface area (Å²) in [6, 6.07) is 31.4. The lowest BCUT2D eigenvalue weighted by atomic mass is 9.98. The van der Waals surface area contributed by atoms with Gasteiger partial charge in [-0.05, 0) is 55.7 Å². The number of rotatable bonds is 4. The highest BCUT2D eigenvalue weighted by Gasteiger charge is 2.14. The third-order valence-corrected chi connectivity index (χ3v) is 6.75. The van der Waals surface area contributed by atoms with Crippen LogP contribution in [0.2, 0.25) is 0 Å². The van der Waals surface area contributed by atoms with Crippen LogP contribution in [0.5, 0.6) is 0 Å². The van der Waals surface area contributed by atoms with Gasteiger partial charge in [-0.3, -0.25) is 0 Å². The Morgan fingerprint density at radius 2 is 1.16 bits per heavy atom. The Labute approximate surface area is 182 Å². The van der Waals surface area contributed by atoms with Crippen molar-refractivity contribution in [1.82, 2.24) is 9.13 Å². The minimum absolute atomic E-state index is 0.941. The molecule has 0 spiro atoms. The van der Waals surface area contributed by atoms with Gasteiger partial charge in [0.15, 0.2) is 0 Å². The molecule has 0 saturated carbocycles. The molecule has 0 bridgehead atoms. The molecule has 0 radical (unpaired) electrons. The van der Waals surface area contributed by atoms with E-state index < -0.39 is 0 Å². The zero-order valence-electron chi connectivity index (χ0n) is 18.1. The van der Waals surface area contributed by atoms with Gasteiger partial charge in [0.05, 0.1) is 0 Å². The molecule has 0 saturated heterocycles. The van der Waals surface area contributed by atoms with E-state index in [1.807, 2.05) is 0 Å². The number of aryl methyl sites for hydroxylation is 2. The second-order valence-electron chi connectivity index (χ2n) is 8.36. The Bertz CT molecular complexity index is 1580. The number of aromatic nitrogens is 2. The standard InChI is InChI=1S/C29H26N2/c1-3-30-26-14-8-6-12-24(26)29-21(10-9-15-27(29)30)18-20-16-17-23-22-11-5-7-13-25(22)31(4-2)28(23)19-20/h5-17,19H,3-4,18H2,1-2H3. The van der Waals surface area contributed by atoms with E-state index in [0.717, 1.165) is 19.5 Å². The molecule has 0 aliphatic heterocycles. The fourth-order valence-corrected chi connectivity index (χ4v) is 5.43. The summed E-state index contributed by atoms with van der Waals surface area (Å²) < 4.78 is 4.88. The van der Waals surface area contributed by atoms with Gasteiger partial charge in [-0.15, -0.1) is 0 Å².